The van der Waals surface area contributed by atoms with Gasteiger partial charge in [0.1, 0.15) is 0 Å². The molecule has 3 aromatic rings. The van der Waals surface area contributed by atoms with Gasteiger partial charge in [0.2, 0.25) is 5.91 Å². The zero-order valence-corrected chi connectivity index (χ0v) is 17.0. The first-order valence-corrected chi connectivity index (χ1v) is 9.78. The lowest BCUT2D eigenvalue weighted by Gasteiger charge is -2.17. The molecule has 1 aliphatic carbocycles. The molecule has 0 spiro atoms. The number of benzene rings is 2. The number of hydrogen-bond donors (Lipinski definition) is 2. The van der Waals surface area contributed by atoms with Gasteiger partial charge in [-0.3, -0.25) is 4.79 Å². The van der Waals surface area contributed by atoms with E-state index >= 15 is 0 Å². The van der Waals surface area contributed by atoms with Gasteiger partial charge in [-0.1, -0.05) is 44.5 Å². The second-order valence-electron chi connectivity index (χ2n) is 8.74. The second kappa shape index (κ2) is 6.13. The first-order chi connectivity index (χ1) is 12.7. The molecule has 3 nitrogen and oxygen atoms in total. The fraction of sp³-hybridized carbons (Fsp3) is 0.348. The second-order valence-corrected chi connectivity index (χ2v) is 9.14. The fourth-order valence-corrected chi connectivity index (χ4v) is 3.70. The van der Waals surface area contributed by atoms with E-state index < -0.39 is 5.41 Å². The molecule has 140 valence electrons. The number of amides is 1. The lowest BCUT2D eigenvalue weighted by molar-refractivity contribution is -0.118. The molecular weight excluding hydrogens is 356 g/mol. The monoisotopic (exact) mass is 380 g/mol. The predicted octanol–water partition coefficient (Wildman–Crippen LogP) is 6.10. The molecule has 27 heavy (non-hydrogen) atoms. The molecule has 0 atom stereocenters. The summed E-state index contributed by atoms with van der Waals surface area (Å²) in [5, 5.41) is 4.99. The van der Waals surface area contributed by atoms with Gasteiger partial charge in [0.25, 0.3) is 0 Å². The van der Waals surface area contributed by atoms with Gasteiger partial charge < -0.3 is 10.3 Å². The molecule has 1 aromatic heterocycles. The van der Waals surface area contributed by atoms with Crippen molar-refractivity contribution in [1.29, 1.82) is 0 Å². The van der Waals surface area contributed by atoms with Gasteiger partial charge in [-0.05, 0) is 61.2 Å². The minimum Gasteiger partial charge on any atom is -0.358 e. The van der Waals surface area contributed by atoms with Crippen LogP contribution in [-0.4, -0.2) is 10.9 Å². The molecule has 2 N–H and O–H groups in total. The number of aryl methyl sites for hydroxylation is 1. The molecule has 0 saturated heterocycles. The molecule has 2 aromatic carbocycles. The van der Waals surface area contributed by atoms with Gasteiger partial charge in [0.05, 0.1) is 5.41 Å². The first-order valence-electron chi connectivity index (χ1n) is 9.40. The van der Waals surface area contributed by atoms with Crippen molar-refractivity contribution >= 4 is 34.1 Å². The zero-order chi connectivity index (χ0) is 19.4. The number of rotatable bonds is 3. The third kappa shape index (κ3) is 3.25. The highest BCUT2D eigenvalue weighted by Crippen LogP contribution is 2.49. The van der Waals surface area contributed by atoms with E-state index in [0.717, 1.165) is 45.6 Å². The topological polar surface area (TPSA) is 44.9 Å². The van der Waals surface area contributed by atoms with Gasteiger partial charge >= 0.3 is 0 Å². The van der Waals surface area contributed by atoms with Crippen LogP contribution in [0.1, 0.15) is 50.4 Å². The largest absolute Gasteiger partial charge is 0.358 e. The third-order valence-corrected chi connectivity index (χ3v) is 6.01. The average molecular weight is 381 g/mol. The Morgan fingerprint density at radius 2 is 1.85 bits per heavy atom. The molecule has 1 aliphatic rings. The highest BCUT2D eigenvalue weighted by Gasteiger charge is 2.51. The van der Waals surface area contributed by atoms with Gasteiger partial charge in [0, 0.05) is 32.7 Å². The Labute approximate surface area is 165 Å². The van der Waals surface area contributed by atoms with Crippen LogP contribution in [0.3, 0.4) is 0 Å². The molecule has 0 radical (unpaired) electrons. The van der Waals surface area contributed by atoms with Crippen molar-refractivity contribution < 1.29 is 4.79 Å². The smallest absolute Gasteiger partial charge is 0.235 e. The van der Waals surface area contributed by atoms with Crippen molar-refractivity contribution in [3.63, 3.8) is 0 Å². The molecule has 1 fully saturated rings. The van der Waals surface area contributed by atoms with E-state index in [0.29, 0.717) is 0 Å². The number of aromatic amines is 1. The van der Waals surface area contributed by atoms with Crippen LogP contribution in [0.4, 0.5) is 5.69 Å². The van der Waals surface area contributed by atoms with Crippen LogP contribution < -0.4 is 5.32 Å². The number of nitrogens with one attached hydrogen (secondary N) is 2. The highest BCUT2D eigenvalue weighted by atomic mass is 35.5. The first kappa shape index (κ1) is 18.1. The summed E-state index contributed by atoms with van der Waals surface area (Å²) in [4.78, 5) is 16.5. The molecule has 4 heteroatoms. The quantitative estimate of drug-likeness (QED) is 0.566. The van der Waals surface area contributed by atoms with Crippen molar-refractivity contribution in [2.24, 2.45) is 0 Å². The van der Waals surface area contributed by atoms with Crippen molar-refractivity contribution in [2.75, 3.05) is 5.32 Å². The van der Waals surface area contributed by atoms with E-state index in [9.17, 15) is 4.79 Å². The number of hydrogen-bond acceptors (Lipinski definition) is 1. The Balaban J connectivity index is 1.60. The summed E-state index contributed by atoms with van der Waals surface area (Å²) in [6.07, 6.45) is 1.75. The van der Waals surface area contributed by atoms with E-state index in [1.54, 1.807) is 0 Å². The van der Waals surface area contributed by atoms with Gasteiger partial charge in [-0.2, -0.15) is 0 Å². The summed E-state index contributed by atoms with van der Waals surface area (Å²) in [6.45, 7) is 8.54. The number of aromatic nitrogens is 1. The van der Waals surface area contributed by atoms with Gasteiger partial charge in [0.15, 0.2) is 0 Å². The maximum atomic E-state index is 13.0. The highest BCUT2D eigenvalue weighted by molar-refractivity contribution is 6.31. The minimum absolute atomic E-state index is 0.0624. The van der Waals surface area contributed by atoms with Gasteiger partial charge in [-0.15, -0.1) is 0 Å². The molecule has 4 rings (SSSR count). The van der Waals surface area contributed by atoms with Crippen LogP contribution >= 0.6 is 11.6 Å². The Morgan fingerprint density at radius 1 is 1.11 bits per heavy atom. The lowest BCUT2D eigenvalue weighted by atomic mass is 9.92. The average Bonchev–Trinajstić information content (AvgIpc) is 3.29. The minimum atomic E-state index is -0.418. The summed E-state index contributed by atoms with van der Waals surface area (Å²) in [5.74, 6) is 0.0650. The summed E-state index contributed by atoms with van der Waals surface area (Å²) in [7, 11) is 0. The summed E-state index contributed by atoms with van der Waals surface area (Å²) >= 11 is 6.15. The van der Waals surface area contributed by atoms with E-state index in [4.69, 9.17) is 11.6 Å². The Hall–Kier alpha value is -2.26. The summed E-state index contributed by atoms with van der Waals surface area (Å²) in [6, 6.07) is 14.1. The molecule has 0 unspecified atom stereocenters. The zero-order valence-electron chi connectivity index (χ0n) is 16.2. The van der Waals surface area contributed by atoms with E-state index in [-0.39, 0.29) is 11.3 Å². The van der Waals surface area contributed by atoms with Crippen LogP contribution in [0.2, 0.25) is 5.02 Å². The Morgan fingerprint density at radius 3 is 2.48 bits per heavy atom. The van der Waals surface area contributed by atoms with Crippen LogP contribution in [-0.2, 0) is 15.6 Å². The van der Waals surface area contributed by atoms with Crippen molar-refractivity contribution in [3.05, 3.63) is 64.3 Å². The molecule has 0 bridgehead atoms. The van der Waals surface area contributed by atoms with Crippen LogP contribution in [0, 0.1) is 6.92 Å². The van der Waals surface area contributed by atoms with Gasteiger partial charge in [-0.25, -0.2) is 0 Å². The summed E-state index contributed by atoms with van der Waals surface area (Å²) < 4.78 is 0. The number of fused-ring (bicyclic) bond motifs is 1. The number of carbonyl (C=O) groups excluding carboxylic acids is 1. The van der Waals surface area contributed by atoms with E-state index in [2.05, 4.69) is 37.1 Å². The normalized spacial score (nSPS) is 15.7. The number of anilines is 1. The van der Waals surface area contributed by atoms with Crippen molar-refractivity contribution in [1.82, 2.24) is 4.98 Å². The summed E-state index contributed by atoms with van der Waals surface area (Å²) in [5.41, 5.74) is 4.83. The van der Waals surface area contributed by atoms with E-state index in [1.165, 1.54) is 5.69 Å². The molecule has 0 aliphatic heterocycles. The number of halogens is 1. The standard InChI is InChI=1S/C23H25ClN2O/c1-14-11-16(5-7-18(14)24)23(9-10-23)21(27)25-17-6-8-19-15(12-17)13-20(26-19)22(2,3)4/h5-8,11-13,26H,9-10H2,1-4H3,(H,25,27). The molecule has 1 heterocycles. The third-order valence-electron chi connectivity index (χ3n) is 5.58. The molecule has 1 amide bonds. The SMILES string of the molecule is Cc1cc(C2(C(=O)Nc3ccc4[nH]c(C(C)(C)C)cc4c3)CC2)ccc1Cl. The Bertz CT molecular complexity index is 1040. The maximum absolute atomic E-state index is 13.0. The van der Waals surface area contributed by atoms with Crippen molar-refractivity contribution in [2.45, 2.75) is 51.4 Å². The van der Waals surface area contributed by atoms with Crippen LogP contribution in [0.15, 0.2) is 42.5 Å². The van der Waals surface area contributed by atoms with Crippen LogP contribution in [0.5, 0.6) is 0 Å². The maximum Gasteiger partial charge on any atom is 0.235 e. The number of carbonyl (C=O) groups is 1. The fourth-order valence-electron chi connectivity index (χ4n) is 3.58. The number of H-pyrrole nitrogens is 1. The van der Waals surface area contributed by atoms with Crippen LogP contribution in [0.25, 0.3) is 10.9 Å². The lowest BCUT2D eigenvalue weighted by Crippen LogP contribution is -2.27. The van der Waals surface area contributed by atoms with E-state index in [1.807, 2.05) is 43.3 Å². The predicted molar refractivity (Wildman–Crippen MR) is 113 cm³/mol. The Kier molecular flexibility index (Phi) is 4.12. The molecular formula is C23H25ClN2O. The molecule has 1 saturated carbocycles. The van der Waals surface area contributed by atoms with Crippen molar-refractivity contribution in [3.8, 4) is 0 Å².